The van der Waals surface area contributed by atoms with Gasteiger partial charge in [0.25, 0.3) is 0 Å². The lowest BCUT2D eigenvalue weighted by Crippen LogP contribution is -1.79. The zero-order chi connectivity index (χ0) is 11.1. The van der Waals surface area contributed by atoms with E-state index in [2.05, 4.69) is 35.9 Å². The predicted molar refractivity (Wildman–Crippen MR) is 67.4 cm³/mol. The topological polar surface area (TPSA) is 54.5 Å². The smallest absolute Gasteiger partial charge is 0.178 e. The lowest BCUT2D eigenvalue weighted by Gasteiger charge is -1.87. The van der Waals surface area contributed by atoms with Crippen molar-refractivity contribution < 1.29 is 0 Å². The van der Waals surface area contributed by atoms with E-state index >= 15 is 0 Å². The van der Waals surface area contributed by atoms with Gasteiger partial charge in [0, 0.05) is 16.0 Å². The molecule has 0 atom stereocenters. The number of thiazole rings is 1. The van der Waals surface area contributed by atoms with Crippen LogP contribution in [-0.2, 0) is 0 Å². The Morgan fingerprint density at radius 1 is 1.38 bits per heavy atom. The van der Waals surface area contributed by atoms with Crippen molar-refractivity contribution >= 4 is 38.4 Å². The molecule has 3 aromatic heterocycles. The summed E-state index contributed by atoms with van der Waals surface area (Å²) in [5.41, 5.74) is 2.50. The first-order valence-electron chi connectivity index (χ1n) is 4.66. The zero-order valence-corrected chi connectivity index (χ0v) is 10.8. The van der Waals surface area contributed by atoms with Crippen molar-refractivity contribution in [3.63, 3.8) is 0 Å². The normalized spacial score (nSPS) is 11.1. The molecule has 0 saturated carbocycles. The van der Waals surface area contributed by atoms with Gasteiger partial charge in [-0.05, 0) is 28.9 Å². The number of H-pyrrole nitrogens is 1. The molecule has 0 amide bonds. The first kappa shape index (κ1) is 9.92. The molecule has 6 heteroatoms. The van der Waals surface area contributed by atoms with Gasteiger partial charge in [0.2, 0.25) is 0 Å². The number of nitrogens with zero attached hydrogens (tertiary/aromatic N) is 3. The number of halogens is 1. The number of aryl methyl sites for hydroxylation is 1. The largest absolute Gasteiger partial charge is 0.335 e. The third-order valence-corrected chi connectivity index (χ3v) is 3.37. The average Bonchev–Trinajstić information content (AvgIpc) is 2.83. The molecule has 0 saturated heterocycles. The number of rotatable bonds is 1. The number of imidazole rings is 1. The van der Waals surface area contributed by atoms with Crippen LogP contribution < -0.4 is 0 Å². The highest BCUT2D eigenvalue weighted by molar-refractivity contribution is 9.10. The SMILES string of the molecule is Cc1nc(-c2nc3ncc(Br)cc3[nH]2)cs1. The van der Waals surface area contributed by atoms with Gasteiger partial charge in [0.15, 0.2) is 11.5 Å². The second kappa shape index (κ2) is 3.64. The molecule has 0 aliphatic rings. The molecule has 0 aliphatic heterocycles. The number of hydrogen-bond donors (Lipinski definition) is 1. The number of fused-ring (bicyclic) bond motifs is 1. The van der Waals surface area contributed by atoms with Crippen molar-refractivity contribution in [3.8, 4) is 11.5 Å². The van der Waals surface area contributed by atoms with Gasteiger partial charge in [0.05, 0.1) is 10.5 Å². The lowest BCUT2D eigenvalue weighted by molar-refractivity contribution is 1.22. The van der Waals surface area contributed by atoms with Gasteiger partial charge in [-0.2, -0.15) is 0 Å². The molecular weight excluding hydrogens is 288 g/mol. The fraction of sp³-hybridized carbons (Fsp3) is 0.100. The number of aromatic nitrogens is 4. The van der Waals surface area contributed by atoms with Crippen molar-refractivity contribution in [2.45, 2.75) is 6.92 Å². The molecule has 0 unspecified atom stereocenters. The van der Waals surface area contributed by atoms with E-state index in [0.29, 0.717) is 5.65 Å². The minimum atomic E-state index is 0.712. The maximum atomic E-state index is 4.39. The molecule has 0 fully saturated rings. The van der Waals surface area contributed by atoms with Crippen LogP contribution in [0.5, 0.6) is 0 Å². The molecule has 3 aromatic rings. The molecule has 1 N–H and O–H groups in total. The highest BCUT2D eigenvalue weighted by Gasteiger charge is 2.08. The van der Waals surface area contributed by atoms with Gasteiger partial charge in [0.1, 0.15) is 5.69 Å². The Hall–Kier alpha value is -1.27. The third kappa shape index (κ3) is 1.64. The van der Waals surface area contributed by atoms with Crippen LogP contribution in [0.4, 0.5) is 0 Å². The fourth-order valence-corrected chi connectivity index (χ4v) is 2.40. The summed E-state index contributed by atoms with van der Waals surface area (Å²) in [7, 11) is 0. The highest BCUT2D eigenvalue weighted by Crippen LogP contribution is 2.22. The number of aromatic amines is 1. The summed E-state index contributed by atoms with van der Waals surface area (Å²) in [4.78, 5) is 16.2. The van der Waals surface area contributed by atoms with Crippen molar-refractivity contribution in [1.29, 1.82) is 0 Å². The molecule has 3 rings (SSSR count). The van der Waals surface area contributed by atoms with Crippen LogP contribution >= 0.6 is 27.3 Å². The maximum absolute atomic E-state index is 4.39. The van der Waals surface area contributed by atoms with Gasteiger partial charge >= 0.3 is 0 Å². The molecule has 80 valence electrons. The van der Waals surface area contributed by atoms with Crippen LogP contribution in [0.25, 0.3) is 22.7 Å². The summed E-state index contributed by atoms with van der Waals surface area (Å²) in [6.07, 6.45) is 1.74. The third-order valence-electron chi connectivity index (χ3n) is 2.17. The van der Waals surface area contributed by atoms with Crippen LogP contribution in [0.15, 0.2) is 22.1 Å². The van der Waals surface area contributed by atoms with Crippen LogP contribution in [-0.4, -0.2) is 19.9 Å². The predicted octanol–water partition coefficient (Wildman–Crippen LogP) is 3.15. The van der Waals surface area contributed by atoms with E-state index in [9.17, 15) is 0 Å². The van der Waals surface area contributed by atoms with Crippen LogP contribution in [0.3, 0.4) is 0 Å². The Morgan fingerprint density at radius 3 is 3.00 bits per heavy atom. The zero-order valence-electron chi connectivity index (χ0n) is 8.36. The molecule has 0 radical (unpaired) electrons. The summed E-state index contributed by atoms with van der Waals surface area (Å²) < 4.78 is 0.935. The van der Waals surface area contributed by atoms with Crippen LogP contribution in [0.1, 0.15) is 5.01 Å². The van der Waals surface area contributed by atoms with Crippen molar-refractivity contribution in [2.75, 3.05) is 0 Å². The van der Waals surface area contributed by atoms with Crippen molar-refractivity contribution in [3.05, 3.63) is 27.1 Å². The summed E-state index contributed by atoms with van der Waals surface area (Å²) in [6.45, 7) is 1.98. The standard InChI is InChI=1S/C10H7BrN4S/c1-5-13-8(4-16-5)10-14-7-2-6(11)3-12-9(7)15-10/h2-4H,1H3,(H,12,14,15). The molecular formula is C10H7BrN4S. The first-order chi connectivity index (χ1) is 7.72. The average molecular weight is 295 g/mol. The van der Waals surface area contributed by atoms with Gasteiger partial charge in [-0.1, -0.05) is 0 Å². The van der Waals surface area contributed by atoms with E-state index in [1.165, 1.54) is 0 Å². The summed E-state index contributed by atoms with van der Waals surface area (Å²) in [5.74, 6) is 0.768. The minimum absolute atomic E-state index is 0.712. The van der Waals surface area contributed by atoms with Gasteiger partial charge in [-0.15, -0.1) is 11.3 Å². The number of hydrogen-bond acceptors (Lipinski definition) is 4. The fourth-order valence-electron chi connectivity index (χ4n) is 1.47. The molecule has 0 spiro atoms. The monoisotopic (exact) mass is 294 g/mol. The van der Waals surface area contributed by atoms with E-state index in [4.69, 9.17) is 0 Å². The van der Waals surface area contributed by atoms with Crippen LogP contribution in [0, 0.1) is 6.92 Å². The summed E-state index contributed by atoms with van der Waals surface area (Å²) in [6, 6.07) is 1.96. The Balaban J connectivity index is 2.18. The Bertz CT molecular complexity index is 658. The van der Waals surface area contributed by atoms with E-state index in [0.717, 1.165) is 26.5 Å². The quantitative estimate of drug-likeness (QED) is 0.750. The van der Waals surface area contributed by atoms with Gasteiger partial charge < -0.3 is 4.98 Å². The second-order valence-electron chi connectivity index (χ2n) is 3.36. The molecule has 0 aliphatic carbocycles. The summed E-state index contributed by atoms with van der Waals surface area (Å²) in [5, 5.41) is 3.02. The highest BCUT2D eigenvalue weighted by atomic mass is 79.9. The maximum Gasteiger partial charge on any atom is 0.178 e. The van der Waals surface area contributed by atoms with E-state index < -0.39 is 0 Å². The first-order valence-corrected chi connectivity index (χ1v) is 6.33. The van der Waals surface area contributed by atoms with E-state index in [1.807, 2.05) is 18.4 Å². The van der Waals surface area contributed by atoms with E-state index in [1.54, 1.807) is 17.5 Å². The molecule has 4 nitrogen and oxygen atoms in total. The minimum Gasteiger partial charge on any atom is -0.335 e. The molecule has 0 aromatic carbocycles. The molecule has 16 heavy (non-hydrogen) atoms. The van der Waals surface area contributed by atoms with Crippen LogP contribution in [0.2, 0.25) is 0 Å². The molecule has 0 bridgehead atoms. The Morgan fingerprint density at radius 2 is 2.25 bits per heavy atom. The Labute approximate surface area is 104 Å². The second-order valence-corrected chi connectivity index (χ2v) is 5.34. The summed E-state index contributed by atoms with van der Waals surface area (Å²) >= 11 is 4.99. The van der Waals surface area contributed by atoms with Gasteiger partial charge in [-0.25, -0.2) is 15.0 Å². The lowest BCUT2D eigenvalue weighted by atomic mass is 10.4. The number of pyridine rings is 1. The Kier molecular flexibility index (Phi) is 2.26. The van der Waals surface area contributed by atoms with Gasteiger partial charge in [-0.3, -0.25) is 0 Å². The number of nitrogens with one attached hydrogen (secondary N) is 1. The van der Waals surface area contributed by atoms with E-state index in [-0.39, 0.29) is 0 Å². The van der Waals surface area contributed by atoms with Crippen molar-refractivity contribution in [2.24, 2.45) is 0 Å². The van der Waals surface area contributed by atoms with Crippen molar-refractivity contribution in [1.82, 2.24) is 19.9 Å². The molecule has 3 heterocycles.